The molecule has 0 saturated heterocycles. The number of terminal acetylenes is 1. The van der Waals surface area contributed by atoms with Gasteiger partial charge in [-0.05, 0) is 6.92 Å². The van der Waals surface area contributed by atoms with Gasteiger partial charge < -0.3 is 9.47 Å². The number of carbonyl (C=O) groups is 1. The first-order valence-electron chi connectivity index (χ1n) is 4.08. The maximum absolute atomic E-state index is 11.2. The fraction of sp³-hybridized carbons (Fsp3) is 0.500. The molecule has 0 amide bonds. The highest BCUT2D eigenvalue weighted by Crippen LogP contribution is 2.00. The smallest absolute Gasteiger partial charge is 0.336 e. The van der Waals surface area contributed by atoms with Gasteiger partial charge in [0.15, 0.2) is 6.10 Å². The Bertz CT molecular complexity index is 203. The maximum Gasteiger partial charge on any atom is 0.336 e. The Morgan fingerprint density at radius 2 is 2.46 bits per heavy atom. The van der Waals surface area contributed by atoms with Crippen LogP contribution in [0.25, 0.3) is 0 Å². The van der Waals surface area contributed by atoms with E-state index in [9.17, 15) is 4.79 Å². The van der Waals surface area contributed by atoms with Gasteiger partial charge in [0, 0.05) is 6.42 Å². The van der Waals surface area contributed by atoms with Gasteiger partial charge in [-0.3, -0.25) is 0 Å². The van der Waals surface area contributed by atoms with E-state index in [1.807, 2.05) is 0 Å². The van der Waals surface area contributed by atoms with Crippen LogP contribution in [0.2, 0.25) is 0 Å². The van der Waals surface area contributed by atoms with Crippen LogP contribution in [0.1, 0.15) is 13.3 Å². The summed E-state index contributed by atoms with van der Waals surface area (Å²) in [5, 5.41) is 0. The summed E-state index contributed by atoms with van der Waals surface area (Å²) < 4.78 is 9.87. The number of esters is 1. The van der Waals surface area contributed by atoms with Crippen LogP contribution in [0.3, 0.4) is 0 Å². The molecule has 0 saturated carbocycles. The Hall–Kier alpha value is -1.27. The maximum atomic E-state index is 11.2. The highest BCUT2D eigenvalue weighted by atomic mass is 16.6. The lowest BCUT2D eigenvalue weighted by Gasteiger charge is -2.12. The average molecular weight is 182 g/mol. The quantitative estimate of drug-likeness (QED) is 0.351. The van der Waals surface area contributed by atoms with Crippen LogP contribution in [0.5, 0.6) is 0 Å². The lowest BCUT2D eigenvalue weighted by molar-refractivity contribution is -0.155. The minimum Gasteiger partial charge on any atom is -0.464 e. The van der Waals surface area contributed by atoms with Crippen molar-refractivity contribution in [1.29, 1.82) is 0 Å². The molecule has 0 rings (SSSR count). The lowest BCUT2D eigenvalue weighted by atomic mass is 10.2. The van der Waals surface area contributed by atoms with Crippen LogP contribution in [-0.2, 0) is 14.3 Å². The topological polar surface area (TPSA) is 35.5 Å². The van der Waals surface area contributed by atoms with Crippen molar-refractivity contribution in [3.63, 3.8) is 0 Å². The van der Waals surface area contributed by atoms with Gasteiger partial charge in [-0.2, -0.15) is 0 Å². The fourth-order valence-corrected chi connectivity index (χ4v) is 0.737. The molecule has 3 heteroatoms. The zero-order valence-corrected chi connectivity index (χ0v) is 7.79. The van der Waals surface area contributed by atoms with Gasteiger partial charge in [-0.1, -0.05) is 6.08 Å². The molecule has 0 bridgehead atoms. The third kappa shape index (κ3) is 5.05. The van der Waals surface area contributed by atoms with Crippen molar-refractivity contribution < 1.29 is 14.3 Å². The van der Waals surface area contributed by atoms with E-state index in [1.54, 1.807) is 13.0 Å². The molecule has 72 valence electrons. The number of hydrogen-bond acceptors (Lipinski definition) is 3. The van der Waals surface area contributed by atoms with Crippen molar-refractivity contribution in [3.05, 3.63) is 12.7 Å². The zero-order chi connectivity index (χ0) is 10.1. The molecule has 0 unspecified atom stereocenters. The molecule has 0 aliphatic rings. The molecule has 0 heterocycles. The summed E-state index contributed by atoms with van der Waals surface area (Å²) in [5.74, 6) is 1.94. The highest BCUT2D eigenvalue weighted by molar-refractivity contribution is 5.75. The molecule has 0 aliphatic carbocycles. The van der Waals surface area contributed by atoms with Crippen LogP contribution in [-0.4, -0.2) is 25.3 Å². The van der Waals surface area contributed by atoms with Crippen LogP contribution < -0.4 is 0 Å². The van der Waals surface area contributed by atoms with Gasteiger partial charge in [0.1, 0.15) is 0 Å². The second-order valence-electron chi connectivity index (χ2n) is 2.27. The van der Waals surface area contributed by atoms with Crippen molar-refractivity contribution in [2.75, 3.05) is 13.2 Å². The predicted octanol–water partition coefficient (Wildman–Crippen LogP) is 1.14. The molecule has 0 aromatic carbocycles. The monoisotopic (exact) mass is 182 g/mol. The van der Waals surface area contributed by atoms with E-state index in [-0.39, 0.29) is 6.42 Å². The van der Waals surface area contributed by atoms with Gasteiger partial charge in [-0.25, -0.2) is 4.79 Å². The van der Waals surface area contributed by atoms with E-state index >= 15 is 0 Å². The van der Waals surface area contributed by atoms with Crippen molar-refractivity contribution in [2.24, 2.45) is 0 Å². The highest BCUT2D eigenvalue weighted by Gasteiger charge is 2.18. The number of hydrogen-bond donors (Lipinski definition) is 0. The minimum absolute atomic E-state index is 0.229. The van der Waals surface area contributed by atoms with Crippen molar-refractivity contribution >= 4 is 5.97 Å². The van der Waals surface area contributed by atoms with Crippen LogP contribution >= 0.6 is 0 Å². The first kappa shape index (κ1) is 11.7. The number of ether oxygens (including phenoxy) is 2. The summed E-state index contributed by atoms with van der Waals surface area (Å²) in [5.41, 5.74) is 0. The molecule has 0 N–H and O–H groups in total. The Kier molecular flexibility index (Phi) is 6.66. The Morgan fingerprint density at radius 3 is 2.92 bits per heavy atom. The summed E-state index contributed by atoms with van der Waals surface area (Å²) >= 11 is 0. The predicted molar refractivity (Wildman–Crippen MR) is 50.0 cm³/mol. The molecule has 0 spiro atoms. The van der Waals surface area contributed by atoms with E-state index in [1.165, 1.54) is 0 Å². The third-order valence-electron chi connectivity index (χ3n) is 1.27. The van der Waals surface area contributed by atoms with E-state index in [4.69, 9.17) is 15.9 Å². The van der Waals surface area contributed by atoms with Gasteiger partial charge in [0.25, 0.3) is 0 Å². The van der Waals surface area contributed by atoms with E-state index in [2.05, 4.69) is 12.5 Å². The summed E-state index contributed by atoms with van der Waals surface area (Å²) in [6.07, 6.45) is 6.19. The van der Waals surface area contributed by atoms with Crippen LogP contribution in [0.15, 0.2) is 12.7 Å². The second-order valence-corrected chi connectivity index (χ2v) is 2.27. The van der Waals surface area contributed by atoms with Gasteiger partial charge in [0.2, 0.25) is 0 Å². The molecule has 0 radical (unpaired) electrons. The van der Waals surface area contributed by atoms with E-state index < -0.39 is 12.1 Å². The van der Waals surface area contributed by atoms with Gasteiger partial charge >= 0.3 is 5.97 Å². The molecule has 13 heavy (non-hydrogen) atoms. The SMILES string of the molecule is C#CC[C@H](OCC=C)C(=O)OCC. The summed E-state index contributed by atoms with van der Waals surface area (Å²) in [4.78, 5) is 11.2. The number of rotatable bonds is 6. The molecular weight excluding hydrogens is 168 g/mol. The van der Waals surface area contributed by atoms with Crippen LogP contribution in [0.4, 0.5) is 0 Å². The molecular formula is C10H14O3. The summed E-state index contributed by atoms with van der Waals surface area (Å²) in [6, 6.07) is 0. The average Bonchev–Trinajstić information content (AvgIpc) is 2.12. The molecule has 3 nitrogen and oxygen atoms in total. The largest absolute Gasteiger partial charge is 0.464 e. The Labute approximate surface area is 78.7 Å². The molecule has 1 atom stereocenters. The fourth-order valence-electron chi connectivity index (χ4n) is 0.737. The molecule has 0 aromatic heterocycles. The van der Waals surface area contributed by atoms with E-state index in [0.29, 0.717) is 13.2 Å². The van der Waals surface area contributed by atoms with Crippen molar-refractivity contribution in [2.45, 2.75) is 19.4 Å². The second kappa shape index (κ2) is 7.38. The van der Waals surface area contributed by atoms with Crippen LogP contribution in [0, 0.1) is 12.3 Å². The molecule has 0 aliphatic heterocycles. The Balaban J connectivity index is 3.99. The minimum atomic E-state index is -0.664. The normalized spacial score (nSPS) is 11.4. The molecule has 0 fully saturated rings. The number of carbonyl (C=O) groups excluding carboxylic acids is 1. The van der Waals surface area contributed by atoms with Gasteiger partial charge in [0.05, 0.1) is 13.2 Å². The standard InChI is InChI=1S/C10H14O3/c1-4-7-9(13-8-5-2)10(11)12-6-3/h1,5,9H,2,6-8H2,3H3/t9-/m0/s1. The summed E-state index contributed by atoms with van der Waals surface area (Å²) in [7, 11) is 0. The van der Waals surface area contributed by atoms with Gasteiger partial charge in [-0.15, -0.1) is 18.9 Å². The zero-order valence-electron chi connectivity index (χ0n) is 7.79. The van der Waals surface area contributed by atoms with Crippen molar-refractivity contribution in [3.8, 4) is 12.3 Å². The lowest BCUT2D eigenvalue weighted by Crippen LogP contribution is -2.26. The summed E-state index contributed by atoms with van der Waals surface area (Å²) in [6.45, 7) is 5.83. The van der Waals surface area contributed by atoms with Crippen molar-refractivity contribution in [1.82, 2.24) is 0 Å². The first-order valence-corrected chi connectivity index (χ1v) is 4.08. The van der Waals surface area contributed by atoms with E-state index in [0.717, 1.165) is 0 Å². The third-order valence-corrected chi connectivity index (χ3v) is 1.27. The Morgan fingerprint density at radius 1 is 1.77 bits per heavy atom. The first-order chi connectivity index (χ1) is 6.26. The molecule has 0 aromatic rings.